The summed E-state index contributed by atoms with van der Waals surface area (Å²) in [5.74, 6) is -3.37. The molecule has 0 aromatic carbocycles. The normalized spacial score (nSPS) is 27.4. The van der Waals surface area contributed by atoms with Crippen LogP contribution in [0.25, 0.3) is 0 Å². The van der Waals surface area contributed by atoms with Crippen molar-refractivity contribution in [3.63, 3.8) is 0 Å². The Hall–Kier alpha value is -3.01. The quantitative estimate of drug-likeness (QED) is 0.372. The Morgan fingerprint density at radius 3 is 2.41 bits per heavy atom. The Morgan fingerprint density at radius 1 is 1.09 bits per heavy atom. The number of allylic oxidation sites excluding steroid dienone is 2. The van der Waals surface area contributed by atoms with Crippen molar-refractivity contribution < 1.29 is 28.7 Å². The zero-order valence-electron chi connectivity index (χ0n) is 17.3. The number of hydrogen-bond donors (Lipinski definition) is 2. The summed E-state index contributed by atoms with van der Waals surface area (Å²) in [4.78, 5) is 63.8. The van der Waals surface area contributed by atoms with E-state index < -0.39 is 30.9 Å². The Bertz CT molecular complexity index is 1050. The number of primary amides is 1. The number of esters is 1. The van der Waals surface area contributed by atoms with Crippen LogP contribution in [0.2, 0.25) is 0 Å². The molecule has 3 N–H and O–H groups in total. The molecule has 2 fully saturated rings. The molecule has 1 saturated carbocycles. The first-order valence-corrected chi connectivity index (χ1v) is 11.6. The van der Waals surface area contributed by atoms with Gasteiger partial charge in [-0.1, -0.05) is 12.2 Å². The van der Waals surface area contributed by atoms with Crippen LogP contribution in [0.4, 0.5) is 5.00 Å². The van der Waals surface area contributed by atoms with E-state index in [-0.39, 0.29) is 35.5 Å². The number of anilines is 1. The van der Waals surface area contributed by atoms with E-state index in [2.05, 4.69) is 5.32 Å². The number of nitrogens with one attached hydrogen (secondary N) is 1. The second-order valence-corrected chi connectivity index (χ2v) is 9.86. The van der Waals surface area contributed by atoms with Crippen molar-refractivity contribution in [2.45, 2.75) is 32.1 Å². The number of rotatable bonds is 6. The van der Waals surface area contributed by atoms with Crippen molar-refractivity contribution >= 4 is 45.9 Å². The molecule has 2 heterocycles. The molecule has 2 bridgehead atoms. The van der Waals surface area contributed by atoms with Crippen molar-refractivity contribution in [2.24, 2.45) is 29.4 Å². The van der Waals surface area contributed by atoms with E-state index in [9.17, 15) is 24.0 Å². The molecule has 1 aliphatic heterocycles. The fourth-order valence-electron chi connectivity index (χ4n) is 5.52. The van der Waals surface area contributed by atoms with E-state index >= 15 is 0 Å². The van der Waals surface area contributed by atoms with Crippen LogP contribution in [-0.2, 0) is 36.8 Å². The molecule has 1 aromatic rings. The number of aryl methyl sites for hydroxylation is 1. The van der Waals surface area contributed by atoms with Gasteiger partial charge in [-0.05, 0) is 49.5 Å². The third kappa shape index (κ3) is 3.33. The maximum absolute atomic E-state index is 12.6. The number of ether oxygens (including phenoxy) is 1. The predicted octanol–water partition coefficient (Wildman–Crippen LogP) is 1.01. The first-order chi connectivity index (χ1) is 15.3. The summed E-state index contributed by atoms with van der Waals surface area (Å²) in [5.41, 5.74) is 6.73. The number of carbonyl (C=O) groups is 5. The van der Waals surface area contributed by atoms with Gasteiger partial charge in [0.1, 0.15) is 11.5 Å². The SMILES string of the molecule is NC(=O)c1c(NC(=O)COC(=O)CN2C(=O)[C@H]3[C@H](C2=O)[C@H]2C=C[C@H]3C2)sc2c1CCCC2. The molecule has 4 atom stereocenters. The number of carbonyl (C=O) groups excluding carboxylic acids is 5. The third-order valence-corrected chi connectivity index (χ3v) is 8.09. The molecular formula is C22H23N3O6S. The lowest BCUT2D eigenvalue weighted by Gasteiger charge is -2.16. The molecule has 168 valence electrons. The molecular weight excluding hydrogens is 434 g/mol. The highest BCUT2D eigenvalue weighted by atomic mass is 32.1. The topological polar surface area (TPSA) is 136 Å². The summed E-state index contributed by atoms with van der Waals surface area (Å²) < 4.78 is 5.00. The highest BCUT2D eigenvalue weighted by Crippen LogP contribution is 2.52. The van der Waals surface area contributed by atoms with Crippen molar-refractivity contribution in [3.8, 4) is 0 Å². The van der Waals surface area contributed by atoms with Crippen LogP contribution >= 0.6 is 11.3 Å². The molecule has 0 unspecified atom stereocenters. The summed E-state index contributed by atoms with van der Waals surface area (Å²) >= 11 is 1.32. The number of amides is 4. The van der Waals surface area contributed by atoms with Gasteiger partial charge in [-0.15, -0.1) is 11.3 Å². The fourth-order valence-corrected chi connectivity index (χ4v) is 6.83. The van der Waals surface area contributed by atoms with E-state index in [0.717, 1.165) is 47.4 Å². The molecule has 0 spiro atoms. The number of nitrogens with zero attached hydrogens (tertiary/aromatic N) is 1. The summed E-state index contributed by atoms with van der Waals surface area (Å²) in [6.07, 6.45) is 8.32. The van der Waals surface area contributed by atoms with Crippen molar-refractivity contribution in [3.05, 3.63) is 28.2 Å². The lowest BCUT2D eigenvalue weighted by Crippen LogP contribution is -2.38. The number of imide groups is 1. The van der Waals surface area contributed by atoms with Gasteiger partial charge >= 0.3 is 5.97 Å². The summed E-state index contributed by atoms with van der Waals surface area (Å²) in [6, 6.07) is 0. The zero-order chi connectivity index (χ0) is 22.6. The van der Waals surface area contributed by atoms with Crippen molar-refractivity contribution in [1.82, 2.24) is 4.90 Å². The molecule has 3 aliphatic carbocycles. The Labute approximate surface area is 187 Å². The van der Waals surface area contributed by atoms with Gasteiger partial charge in [0.25, 0.3) is 11.8 Å². The maximum atomic E-state index is 12.6. The number of fused-ring (bicyclic) bond motifs is 6. The lowest BCUT2D eigenvalue weighted by molar-refractivity contribution is -0.154. The fraction of sp³-hybridized carbons (Fsp3) is 0.500. The van der Waals surface area contributed by atoms with Crippen molar-refractivity contribution in [1.29, 1.82) is 0 Å². The van der Waals surface area contributed by atoms with E-state index in [4.69, 9.17) is 10.5 Å². The molecule has 5 rings (SSSR count). The van der Waals surface area contributed by atoms with Gasteiger partial charge in [0.2, 0.25) is 11.8 Å². The largest absolute Gasteiger partial charge is 0.454 e. The highest BCUT2D eigenvalue weighted by Gasteiger charge is 2.59. The monoisotopic (exact) mass is 457 g/mol. The Kier molecular flexibility index (Phi) is 5.11. The molecule has 4 amide bonds. The molecule has 1 saturated heterocycles. The predicted molar refractivity (Wildman–Crippen MR) is 114 cm³/mol. The van der Waals surface area contributed by atoms with Gasteiger partial charge in [0.15, 0.2) is 6.61 Å². The number of hydrogen-bond acceptors (Lipinski definition) is 7. The number of nitrogens with two attached hydrogens (primary N) is 1. The van der Waals surface area contributed by atoms with Crippen LogP contribution in [0, 0.1) is 23.7 Å². The van der Waals surface area contributed by atoms with Crippen LogP contribution in [0.15, 0.2) is 12.2 Å². The summed E-state index contributed by atoms with van der Waals surface area (Å²) in [5, 5.41) is 2.98. The molecule has 1 aromatic heterocycles. The number of thiophene rings is 1. The van der Waals surface area contributed by atoms with Gasteiger partial charge in [-0.25, -0.2) is 0 Å². The molecule has 0 radical (unpaired) electrons. The smallest absolute Gasteiger partial charge is 0.326 e. The Balaban J connectivity index is 1.17. The first-order valence-electron chi connectivity index (χ1n) is 10.8. The maximum Gasteiger partial charge on any atom is 0.326 e. The molecule has 32 heavy (non-hydrogen) atoms. The van der Waals surface area contributed by atoms with Gasteiger partial charge < -0.3 is 15.8 Å². The van der Waals surface area contributed by atoms with Gasteiger partial charge in [-0.3, -0.25) is 28.9 Å². The minimum Gasteiger partial charge on any atom is -0.454 e. The first kappa shape index (κ1) is 20.9. The highest BCUT2D eigenvalue weighted by molar-refractivity contribution is 7.17. The van der Waals surface area contributed by atoms with Crippen LogP contribution in [0.5, 0.6) is 0 Å². The van der Waals surface area contributed by atoms with E-state index in [1.165, 1.54) is 11.3 Å². The average Bonchev–Trinajstić information content (AvgIpc) is 3.50. The number of likely N-dealkylation sites (tertiary alicyclic amines) is 1. The Morgan fingerprint density at radius 2 is 1.75 bits per heavy atom. The standard InChI is InChI=1S/C22H23N3O6S/c23-19(28)18-12-3-1-2-4-13(12)32-20(18)24-14(26)9-31-15(27)8-25-21(29)16-10-5-6-11(7-10)17(16)22(25)30/h5-6,10-11,16-17H,1-4,7-9H2,(H2,23,28)(H,24,26)/t10-,11-,16+,17+/m0/s1. The van der Waals surface area contributed by atoms with Crippen LogP contribution in [-0.4, -0.2) is 47.6 Å². The van der Waals surface area contributed by atoms with Gasteiger partial charge in [0, 0.05) is 4.88 Å². The van der Waals surface area contributed by atoms with E-state index in [0.29, 0.717) is 10.6 Å². The van der Waals surface area contributed by atoms with E-state index in [1.54, 1.807) is 0 Å². The second-order valence-electron chi connectivity index (χ2n) is 8.75. The molecule has 4 aliphatic rings. The lowest BCUT2D eigenvalue weighted by atomic mass is 9.85. The van der Waals surface area contributed by atoms with Crippen LogP contribution in [0.3, 0.4) is 0 Å². The van der Waals surface area contributed by atoms with Gasteiger partial charge in [-0.2, -0.15) is 0 Å². The molecule has 9 nitrogen and oxygen atoms in total. The van der Waals surface area contributed by atoms with Gasteiger partial charge in [0.05, 0.1) is 17.4 Å². The second kappa shape index (κ2) is 7.84. The molecule has 10 heteroatoms. The summed E-state index contributed by atoms with van der Waals surface area (Å²) in [7, 11) is 0. The minimum atomic E-state index is -0.831. The zero-order valence-corrected chi connectivity index (χ0v) is 18.1. The van der Waals surface area contributed by atoms with Crippen molar-refractivity contribution in [2.75, 3.05) is 18.5 Å². The summed E-state index contributed by atoms with van der Waals surface area (Å²) in [6.45, 7) is -1.09. The average molecular weight is 458 g/mol. The third-order valence-electron chi connectivity index (χ3n) is 6.88. The van der Waals surface area contributed by atoms with Crippen LogP contribution < -0.4 is 11.1 Å². The minimum absolute atomic E-state index is 0.0596. The van der Waals surface area contributed by atoms with E-state index in [1.807, 2.05) is 12.2 Å². The van der Waals surface area contributed by atoms with Crippen LogP contribution in [0.1, 0.15) is 40.1 Å².